The van der Waals surface area contributed by atoms with Crippen LogP contribution in [0.5, 0.6) is 0 Å². The van der Waals surface area contributed by atoms with Gasteiger partial charge in [-0.2, -0.15) is 0 Å². The Morgan fingerprint density at radius 2 is 1.85 bits per heavy atom. The molecule has 1 heterocycles. The van der Waals surface area contributed by atoms with Gasteiger partial charge in [-0.1, -0.05) is 23.7 Å². The lowest BCUT2D eigenvalue weighted by Crippen LogP contribution is -2.24. The molecule has 0 radical (unpaired) electrons. The first-order valence-corrected chi connectivity index (χ1v) is 9.71. The molecule has 2 aromatic carbocycles. The molecule has 0 saturated heterocycles. The number of fused-ring (bicyclic) bond motifs is 1. The number of benzene rings is 2. The minimum atomic E-state index is -3.77. The molecule has 0 bridgehead atoms. The first-order chi connectivity index (χ1) is 12.6. The number of hydrogen-bond acceptors (Lipinski definition) is 5. The summed E-state index contributed by atoms with van der Waals surface area (Å²) in [5.41, 5.74) is 1.27. The van der Waals surface area contributed by atoms with E-state index in [9.17, 15) is 18.0 Å². The molecular formula is C18H15ClN2O5S. The molecule has 3 N–H and O–H groups in total. The molecule has 140 valence electrons. The summed E-state index contributed by atoms with van der Waals surface area (Å²) < 4.78 is 28.0. The zero-order valence-corrected chi connectivity index (χ0v) is 15.7. The number of nitrogens with two attached hydrogens (primary N) is 1. The van der Waals surface area contributed by atoms with E-state index in [2.05, 4.69) is 5.32 Å². The van der Waals surface area contributed by atoms with Crippen LogP contribution in [0.3, 0.4) is 0 Å². The van der Waals surface area contributed by atoms with Gasteiger partial charge < -0.3 is 9.73 Å². The van der Waals surface area contributed by atoms with Gasteiger partial charge in [0.15, 0.2) is 11.2 Å². The normalized spacial score (nSPS) is 11.5. The maximum absolute atomic E-state index is 12.3. The number of hydrogen-bond donors (Lipinski definition) is 2. The van der Waals surface area contributed by atoms with Crippen LogP contribution in [-0.2, 0) is 16.6 Å². The van der Waals surface area contributed by atoms with E-state index in [1.165, 1.54) is 30.3 Å². The second-order valence-electron chi connectivity index (χ2n) is 5.94. The molecule has 0 atom stereocenters. The Kier molecular flexibility index (Phi) is 5.05. The molecule has 0 unspecified atom stereocenters. The number of sulfonamides is 1. The van der Waals surface area contributed by atoms with Crippen molar-refractivity contribution in [3.8, 4) is 0 Å². The highest BCUT2D eigenvalue weighted by atomic mass is 35.5. The summed E-state index contributed by atoms with van der Waals surface area (Å²) in [5.74, 6) is -0.701. The van der Waals surface area contributed by atoms with E-state index in [1.807, 2.05) is 0 Å². The van der Waals surface area contributed by atoms with Crippen molar-refractivity contribution >= 4 is 38.5 Å². The third kappa shape index (κ3) is 4.19. The second-order valence-corrected chi connectivity index (χ2v) is 7.91. The first kappa shape index (κ1) is 19.1. The van der Waals surface area contributed by atoms with Crippen molar-refractivity contribution < 1.29 is 17.6 Å². The zero-order chi connectivity index (χ0) is 19.8. The SMILES string of the molecule is Cc1cc2oc(C(=O)NCc3ccc(S(N)(=O)=O)cc3)cc(=O)c2cc1Cl. The lowest BCUT2D eigenvalue weighted by atomic mass is 10.1. The molecule has 0 fully saturated rings. The van der Waals surface area contributed by atoms with Crippen LogP contribution in [0.2, 0.25) is 5.02 Å². The maximum Gasteiger partial charge on any atom is 0.287 e. The molecule has 7 nitrogen and oxygen atoms in total. The van der Waals surface area contributed by atoms with Gasteiger partial charge in [-0.3, -0.25) is 9.59 Å². The van der Waals surface area contributed by atoms with Crippen LogP contribution >= 0.6 is 11.6 Å². The van der Waals surface area contributed by atoms with E-state index in [0.717, 1.165) is 11.6 Å². The smallest absolute Gasteiger partial charge is 0.287 e. The topological polar surface area (TPSA) is 119 Å². The molecular weight excluding hydrogens is 392 g/mol. The van der Waals surface area contributed by atoms with Gasteiger partial charge >= 0.3 is 0 Å². The van der Waals surface area contributed by atoms with Crippen molar-refractivity contribution in [2.45, 2.75) is 18.4 Å². The highest BCUT2D eigenvalue weighted by Gasteiger charge is 2.14. The van der Waals surface area contributed by atoms with Gasteiger partial charge in [-0.15, -0.1) is 0 Å². The lowest BCUT2D eigenvalue weighted by molar-refractivity contribution is 0.0923. The highest BCUT2D eigenvalue weighted by molar-refractivity contribution is 7.89. The van der Waals surface area contributed by atoms with Gasteiger partial charge in [0.05, 0.1) is 10.3 Å². The van der Waals surface area contributed by atoms with Crippen molar-refractivity contribution in [3.63, 3.8) is 0 Å². The van der Waals surface area contributed by atoms with Crippen molar-refractivity contribution in [3.05, 3.63) is 74.6 Å². The van der Waals surface area contributed by atoms with E-state index in [-0.39, 0.29) is 28.2 Å². The molecule has 1 amide bonds. The summed E-state index contributed by atoms with van der Waals surface area (Å²) in [7, 11) is -3.77. The monoisotopic (exact) mass is 406 g/mol. The van der Waals surface area contributed by atoms with Gasteiger partial charge in [0, 0.05) is 17.6 Å². The van der Waals surface area contributed by atoms with Crippen molar-refractivity contribution in [2.24, 2.45) is 5.14 Å². The van der Waals surface area contributed by atoms with Gasteiger partial charge in [0.25, 0.3) is 5.91 Å². The standard InChI is InChI=1S/C18H15ClN2O5S/c1-10-6-16-13(7-14(10)19)15(22)8-17(26-16)18(23)21-9-11-2-4-12(5-3-11)27(20,24)25/h2-8H,9H2,1H3,(H,21,23)(H2,20,24,25). The predicted molar refractivity (Wildman–Crippen MR) is 101 cm³/mol. The Morgan fingerprint density at radius 1 is 1.19 bits per heavy atom. The van der Waals surface area contributed by atoms with Gasteiger partial charge in [0.2, 0.25) is 10.0 Å². The highest BCUT2D eigenvalue weighted by Crippen LogP contribution is 2.22. The number of halogens is 1. The predicted octanol–water partition coefficient (Wildman–Crippen LogP) is 2.33. The van der Waals surface area contributed by atoms with Gasteiger partial charge in [-0.25, -0.2) is 13.6 Å². The van der Waals surface area contributed by atoms with Gasteiger partial charge in [0.1, 0.15) is 5.58 Å². The largest absolute Gasteiger partial charge is 0.451 e. The molecule has 0 aliphatic rings. The third-order valence-electron chi connectivity index (χ3n) is 3.94. The third-order valence-corrected chi connectivity index (χ3v) is 5.27. The van der Waals surface area contributed by atoms with Crippen LogP contribution in [0, 0.1) is 6.92 Å². The number of aryl methyl sites for hydroxylation is 1. The van der Waals surface area contributed by atoms with Gasteiger partial charge in [-0.05, 0) is 42.3 Å². The van der Waals surface area contributed by atoms with E-state index in [1.54, 1.807) is 13.0 Å². The average molecular weight is 407 g/mol. The number of amides is 1. The summed E-state index contributed by atoms with van der Waals surface area (Å²) in [4.78, 5) is 24.5. The molecule has 3 aromatic rings. The fourth-order valence-electron chi connectivity index (χ4n) is 2.46. The summed E-state index contributed by atoms with van der Waals surface area (Å²) in [6.45, 7) is 1.88. The number of carbonyl (C=O) groups is 1. The van der Waals surface area contributed by atoms with Crippen molar-refractivity contribution in [1.29, 1.82) is 0 Å². The first-order valence-electron chi connectivity index (χ1n) is 7.79. The van der Waals surface area contributed by atoms with E-state index in [4.69, 9.17) is 21.2 Å². The van der Waals surface area contributed by atoms with E-state index >= 15 is 0 Å². The molecule has 27 heavy (non-hydrogen) atoms. The molecule has 0 saturated carbocycles. The number of nitrogens with one attached hydrogen (secondary N) is 1. The molecule has 0 spiro atoms. The fourth-order valence-corrected chi connectivity index (χ4v) is 3.13. The van der Waals surface area contributed by atoms with Crippen LogP contribution in [-0.4, -0.2) is 14.3 Å². The molecule has 1 aromatic heterocycles. The maximum atomic E-state index is 12.3. The van der Waals surface area contributed by atoms with E-state index < -0.39 is 15.9 Å². The number of rotatable bonds is 4. The number of carbonyl (C=O) groups excluding carboxylic acids is 1. The summed E-state index contributed by atoms with van der Waals surface area (Å²) >= 11 is 6.01. The summed E-state index contributed by atoms with van der Waals surface area (Å²) in [5, 5.41) is 8.38. The Morgan fingerprint density at radius 3 is 2.48 bits per heavy atom. The Balaban J connectivity index is 1.80. The number of primary sulfonamides is 1. The molecule has 0 aliphatic heterocycles. The quantitative estimate of drug-likeness (QED) is 0.689. The zero-order valence-electron chi connectivity index (χ0n) is 14.2. The van der Waals surface area contributed by atoms with Crippen LogP contribution in [0.4, 0.5) is 0 Å². The van der Waals surface area contributed by atoms with E-state index in [0.29, 0.717) is 16.0 Å². The Hall–Kier alpha value is -2.68. The minimum absolute atomic E-state index is 0.0212. The van der Waals surface area contributed by atoms with Crippen LogP contribution < -0.4 is 15.9 Å². The average Bonchev–Trinajstić information content (AvgIpc) is 2.61. The molecule has 0 aliphatic carbocycles. The summed E-state index contributed by atoms with van der Waals surface area (Å²) in [6.07, 6.45) is 0. The van der Waals surface area contributed by atoms with Crippen LogP contribution in [0.15, 0.2) is 56.6 Å². The molecule has 3 rings (SSSR count). The van der Waals surface area contributed by atoms with Crippen molar-refractivity contribution in [1.82, 2.24) is 5.32 Å². The lowest BCUT2D eigenvalue weighted by Gasteiger charge is -2.07. The van der Waals surface area contributed by atoms with Crippen molar-refractivity contribution in [2.75, 3.05) is 0 Å². The summed E-state index contributed by atoms with van der Waals surface area (Å²) in [6, 6.07) is 9.96. The second kappa shape index (κ2) is 7.15. The Bertz CT molecular complexity index is 1200. The fraction of sp³-hybridized carbons (Fsp3) is 0.111. The van der Waals surface area contributed by atoms with Crippen LogP contribution in [0.25, 0.3) is 11.0 Å². The molecule has 9 heteroatoms. The van der Waals surface area contributed by atoms with Crippen LogP contribution in [0.1, 0.15) is 21.7 Å². The minimum Gasteiger partial charge on any atom is -0.451 e. The Labute approximate surface area is 159 Å².